The third kappa shape index (κ3) is 1.85. The number of benzene rings is 1. The van der Waals surface area contributed by atoms with Crippen molar-refractivity contribution in [2.45, 2.75) is 71.0 Å². The van der Waals surface area contributed by atoms with Crippen LogP contribution in [-0.4, -0.2) is 13.9 Å². The third-order valence-electron chi connectivity index (χ3n) is 11.3. The monoisotopic (exact) mass is 441 g/mol. The quantitative estimate of drug-likeness (QED) is 0.612. The molecule has 4 bridgehead atoms. The summed E-state index contributed by atoms with van der Waals surface area (Å²) < 4.78 is 5.49. The first-order chi connectivity index (χ1) is 15.8. The molecule has 170 valence electrons. The molecule has 5 aliphatic carbocycles. The minimum Gasteiger partial charge on any atom is -0.246 e. The van der Waals surface area contributed by atoms with Crippen LogP contribution in [0.1, 0.15) is 75.7 Å². The van der Waals surface area contributed by atoms with Gasteiger partial charge in [0.25, 0.3) is 0 Å². The first-order valence-corrected chi connectivity index (χ1v) is 12.8. The van der Waals surface area contributed by atoms with Crippen molar-refractivity contribution >= 4 is 5.57 Å². The average molecular weight is 442 g/mol. The predicted octanol–water partition coefficient (Wildman–Crippen LogP) is 4.51. The van der Waals surface area contributed by atoms with Crippen LogP contribution in [0, 0.1) is 28.6 Å². The predicted molar refractivity (Wildman–Crippen MR) is 127 cm³/mol. The van der Waals surface area contributed by atoms with Gasteiger partial charge in [0.2, 0.25) is 0 Å². The third-order valence-corrected chi connectivity index (χ3v) is 11.3. The van der Waals surface area contributed by atoms with Crippen LogP contribution in [0.3, 0.4) is 0 Å². The fourth-order valence-electron chi connectivity index (χ4n) is 9.07. The second kappa shape index (κ2) is 5.56. The molecule has 1 aromatic heterocycles. The lowest BCUT2D eigenvalue weighted by Crippen LogP contribution is -2.54. The van der Waals surface area contributed by atoms with Gasteiger partial charge in [0.05, 0.1) is 12.1 Å². The van der Waals surface area contributed by atoms with Gasteiger partial charge in [-0.3, -0.25) is 0 Å². The number of rotatable bonds is 1. The van der Waals surface area contributed by atoms with Crippen LogP contribution in [0.4, 0.5) is 0 Å². The molecule has 0 unspecified atom stereocenters. The Morgan fingerprint density at radius 1 is 0.909 bits per heavy atom. The number of aromatic nitrogens is 3. The molecule has 2 aliphatic heterocycles. The number of allylic oxidation sites excluding steroid dienone is 4. The van der Waals surface area contributed by atoms with E-state index in [1.807, 2.05) is 9.36 Å². The molecular formula is C28H31N3O2. The Balaban J connectivity index is 1.37. The molecule has 0 spiro atoms. The number of hydrogen-bond acceptors (Lipinski definition) is 2. The highest BCUT2D eigenvalue weighted by atomic mass is 16.2. The van der Waals surface area contributed by atoms with E-state index in [0.29, 0.717) is 17.8 Å². The fraction of sp³-hybridized carbons (Fsp3) is 0.571. The number of nitrogens with zero attached hydrogens (tertiary/aromatic N) is 3. The molecule has 0 N–H and O–H groups in total. The molecule has 0 saturated heterocycles. The lowest BCUT2D eigenvalue weighted by molar-refractivity contribution is 0.103. The molecule has 7 atom stereocenters. The first kappa shape index (κ1) is 18.8. The summed E-state index contributed by atoms with van der Waals surface area (Å²) in [6.07, 6.45) is 9.86. The van der Waals surface area contributed by atoms with Gasteiger partial charge in [0.1, 0.15) is 0 Å². The highest BCUT2D eigenvalue weighted by molar-refractivity contribution is 5.79. The summed E-state index contributed by atoms with van der Waals surface area (Å²) in [5.41, 5.74) is 5.45. The van der Waals surface area contributed by atoms with E-state index >= 15 is 0 Å². The molecule has 33 heavy (non-hydrogen) atoms. The zero-order valence-corrected chi connectivity index (χ0v) is 19.6. The summed E-state index contributed by atoms with van der Waals surface area (Å²) in [7, 11) is 0. The highest BCUT2D eigenvalue weighted by Crippen LogP contribution is 2.69. The van der Waals surface area contributed by atoms with E-state index in [1.54, 1.807) is 4.57 Å². The van der Waals surface area contributed by atoms with Crippen molar-refractivity contribution in [1.82, 2.24) is 13.9 Å². The fourth-order valence-corrected chi connectivity index (χ4v) is 9.07. The van der Waals surface area contributed by atoms with Gasteiger partial charge in [-0.25, -0.2) is 23.5 Å². The van der Waals surface area contributed by atoms with Gasteiger partial charge in [-0.15, -0.1) is 0 Å². The molecule has 0 amide bonds. The van der Waals surface area contributed by atoms with Crippen LogP contribution in [0.2, 0.25) is 0 Å². The Kier molecular flexibility index (Phi) is 3.17. The summed E-state index contributed by atoms with van der Waals surface area (Å²) in [5.74, 6) is 1.26. The molecule has 0 radical (unpaired) electrons. The van der Waals surface area contributed by atoms with E-state index in [9.17, 15) is 9.59 Å². The Morgan fingerprint density at radius 2 is 1.61 bits per heavy atom. The molecule has 2 fully saturated rings. The van der Waals surface area contributed by atoms with Crippen molar-refractivity contribution in [3.05, 3.63) is 74.1 Å². The number of hydrogen-bond donors (Lipinski definition) is 0. The molecule has 9 rings (SSSR count). The molecule has 2 saturated carbocycles. The van der Waals surface area contributed by atoms with E-state index in [2.05, 4.69) is 57.2 Å². The van der Waals surface area contributed by atoms with Gasteiger partial charge in [-0.1, -0.05) is 57.2 Å². The summed E-state index contributed by atoms with van der Waals surface area (Å²) in [4.78, 5) is 28.3. The maximum absolute atomic E-state index is 14.2. The maximum atomic E-state index is 14.2. The Bertz CT molecular complexity index is 1430. The van der Waals surface area contributed by atoms with Crippen molar-refractivity contribution in [2.75, 3.05) is 0 Å². The summed E-state index contributed by atoms with van der Waals surface area (Å²) in [5, 5.41) is 0. The van der Waals surface area contributed by atoms with Gasteiger partial charge in [0, 0.05) is 17.9 Å². The zero-order chi connectivity index (χ0) is 22.4. The van der Waals surface area contributed by atoms with Crippen LogP contribution in [0.25, 0.3) is 5.57 Å². The molecule has 1 aromatic carbocycles. The van der Waals surface area contributed by atoms with Gasteiger partial charge in [-0.2, -0.15) is 0 Å². The molecule has 5 nitrogen and oxygen atoms in total. The van der Waals surface area contributed by atoms with E-state index < -0.39 is 0 Å². The first-order valence-electron chi connectivity index (χ1n) is 12.8. The van der Waals surface area contributed by atoms with Crippen molar-refractivity contribution in [3.63, 3.8) is 0 Å². The van der Waals surface area contributed by atoms with Crippen LogP contribution in [0.5, 0.6) is 0 Å². The smallest absolute Gasteiger partial charge is 0.246 e. The molecular weight excluding hydrogens is 410 g/mol. The van der Waals surface area contributed by atoms with Crippen molar-refractivity contribution in [3.8, 4) is 0 Å². The Labute approximate surface area is 193 Å². The largest absolute Gasteiger partial charge is 0.348 e. The minimum atomic E-state index is -0.0714. The van der Waals surface area contributed by atoms with Crippen molar-refractivity contribution in [2.24, 2.45) is 28.6 Å². The minimum absolute atomic E-state index is 0.00531. The molecule has 2 aromatic rings. The van der Waals surface area contributed by atoms with E-state index in [-0.39, 0.29) is 40.3 Å². The normalized spacial score (nSPS) is 40.3. The Hall–Kier alpha value is -2.56. The van der Waals surface area contributed by atoms with E-state index in [0.717, 1.165) is 25.7 Å². The van der Waals surface area contributed by atoms with E-state index in [4.69, 9.17) is 0 Å². The van der Waals surface area contributed by atoms with E-state index in [1.165, 1.54) is 28.7 Å². The van der Waals surface area contributed by atoms with Crippen molar-refractivity contribution < 1.29 is 0 Å². The van der Waals surface area contributed by atoms with Gasteiger partial charge in [-0.05, 0) is 71.1 Å². The lowest BCUT2D eigenvalue weighted by atomic mass is 9.59. The number of fused-ring (bicyclic) bond motifs is 3. The zero-order valence-electron chi connectivity index (χ0n) is 19.6. The summed E-state index contributed by atoms with van der Waals surface area (Å²) in [6, 6.07) is 8.64. The summed E-state index contributed by atoms with van der Waals surface area (Å²) >= 11 is 0. The maximum Gasteiger partial charge on any atom is 0.348 e. The molecule has 3 heterocycles. The van der Waals surface area contributed by atoms with Gasteiger partial charge < -0.3 is 0 Å². The summed E-state index contributed by atoms with van der Waals surface area (Å²) in [6.45, 7) is 7.04. The van der Waals surface area contributed by atoms with Crippen LogP contribution in [-0.2, 0) is 6.42 Å². The van der Waals surface area contributed by atoms with Gasteiger partial charge in [0.15, 0.2) is 0 Å². The van der Waals surface area contributed by atoms with Crippen molar-refractivity contribution in [1.29, 1.82) is 0 Å². The van der Waals surface area contributed by atoms with Crippen LogP contribution in [0.15, 0.2) is 51.6 Å². The second-order valence-corrected chi connectivity index (χ2v) is 12.3. The molecule has 5 heteroatoms. The topological polar surface area (TPSA) is 48.9 Å². The SMILES string of the molecule is CC1(C)[C@@H]2CC[C@@]1(C)[C@H](n1c(=O)n3n(c1=O)[C@H]1C4=C(c5ccccc5CC4)[C@H]3[C@@H]3C=C[C@@H]31)C2. The number of aryl methyl sites for hydroxylation is 1. The average Bonchev–Trinajstić information content (AvgIpc) is 3.25. The second-order valence-electron chi connectivity index (χ2n) is 12.3. The lowest BCUT2D eigenvalue weighted by Gasteiger charge is -2.54. The highest BCUT2D eigenvalue weighted by Gasteiger charge is 2.63. The molecule has 7 aliphatic rings. The van der Waals surface area contributed by atoms with Crippen LogP contribution >= 0.6 is 0 Å². The van der Waals surface area contributed by atoms with Crippen LogP contribution < -0.4 is 11.4 Å². The standard InChI is InChI=1S/C28H31N3O2/c1-27(2)16-12-13-28(27,3)21(14-16)29-25(32)30-23-18-10-11-19(18)24(31(30)26(29)33)22-17-7-5-4-6-15(17)8-9-20(22)23/h4-7,10-11,16,18-19,21,23-24H,8-9,12-14H2,1-3H3/t16-,18+,19-,21-,23-,24-,28+/m1/s1. The Morgan fingerprint density at radius 3 is 2.27 bits per heavy atom. The van der Waals surface area contributed by atoms with Gasteiger partial charge >= 0.3 is 11.4 Å².